The molecule has 2 N–H and O–H groups in total. The number of rotatable bonds is 7. The van der Waals surface area contributed by atoms with Gasteiger partial charge in [-0.15, -0.1) is 0 Å². The van der Waals surface area contributed by atoms with Crippen molar-refractivity contribution in [1.29, 1.82) is 0 Å². The Morgan fingerprint density at radius 1 is 1.14 bits per heavy atom. The SMILES string of the molecule is COc1ccc(C)cc1NC(=O)CNCCc1ccccc1. The topological polar surface area (TPSA) is 50.4 Å². The van der Waals surface area contributed by atoms with Crippen molar-refractivity contribution in [1.82, 2.24) is 5.32 Å². The number of ether oxygens (including phenoxy) is 1. The van der Waals surface area contributed by atoms with E-state index < -0.39 is 0 Å². The molecule has 0 fully saturated rings. The van der Waals surface area contributed by atoms with Crippen LogP contribution in [0.3, 0.4) is 0 Å². The van der Waals surface area contributed by atoms with Crippen molar-refractivity contribution >= 4 is 11.6 Å². The van der Waals surface area contributed by atoms with Crippen LogP contribution in [0, 0.1) is 6.92 Å². The van der Waals surface area contributed by atoms with Crippen molar-refractivity contribution in [3.8, 4) is 5.75 Å². The molecule has 0 saturated carbocycles. The van der Waals surface area contributed by atoms with Gasteiger partial charge >= 0.3 is 0 Å². The monoisotopic (exact) mass is 298 g/mol. The number of amides is 1. The Morgan fingerprint density at radius 2 is 1.91 bits per heavy atom. The third-order valence-electron chi connectivity index (χ3n) is 3.35. The molecule has 4 nitrogen and oxygen atoms in total. The van der Waals surface area contributed by atoms with E-state index in [9.17, 15) is 4.79 Å². The molecule has 0 spiro atoms. The van der Waals surface area contributed by atoms with Crippen LogP contribution in [0.5, 0.6) is 5.75 Å². The molecule has 0 aromatic heterocycles. The second-order valence-electron chi connectivity index (χ2n) is 5.16. The average Bonchev–Trinajstić information content (AvgIpc) is 2.53. The standard InChI is InChI=1S/C18H22N2O2/c1-14-8-9-17(22-2)16(12-14)20-18(21)13-19-11-10-15-6-4-3-5-7-15/h3-9,12,19H,10-11,13H2,1-2H3,(H,20,21). The number of carbonyl (C=O) groups excluding carboxylic acids is 1. The molecule has 0 aliphatic carbocycles. The van der Waals surface area contributed by atoms with E-state index in [1.807, 2.05) is 43.3 Å². The Kier molecular flexibility index (Phi) is 5.98. The lowest BCUT2D eigenvalue weighted by molar-refractivity contribution is -0.115. The highest BCUT2D eigenvalue weighted by atomic mass is 16.5. The maximum Gasteiger partial charge on any atom is 0.238 e. The number of methoxy groups -OCH3 is 1. The number of carbonyl (C=O) groups is 1. The molecule has 0 heterocycles. The largest absolute Gasteiger partial charge is 0.495 e. The van der Waals surface area contributed by atoms with Crippen LogP contribution in [-0.4, -0.2) is 26.1 Å². The highest BCUT2D eigenvalue weighted by Gasteiger charge is 2.07. The smallest absolute Gasteiger partial charge is 0.238 e. The Balaban J connectivity index is 1.77. The second kappa shape index (κ2) is 8.20. The zero-order valence-corrected chi connectivity index (χ0v) is 13.1. The first-order valence-corrected chi connectivity index (χ1v) is 7.38. The Hall–Kier alpha value is -2.33. The Morgan fingerprint density at radius 3 is 2.64 bits per heavy atom. The number of hydrogen-bond acceptors (Lipinski definition) is 3. The average molecular weight is 298 g/mol. The van der Waals surface area contributed by atoms with E-state index in [4.69, 9.17) is 4.74 Å². The molecule has 0 aliphatic heterocycles. The van der Waals surface area contributed by atoms with Gasteiger partial charge in [-0.3, -0.25) is 4.79 Å². The molecule has 0 radical (unpaired) electrons. The van der Waals surface area contributed by atoms with E-state index in [2.05, 4.69) is 22.8 Å². The summed E-state index contributed by atoms with van der Waals surface area (Å²) in [5.74, 6) is 0.597. The Bertz CT molecular complexity index is 612. The van der Waals surface area contributed by atoms with Gasteiger partial charge in [-0.25, -0.2) is 0 Å². The van der Waals surface area contributed by atoms with Crippen LogP contribution in [0.25, 0.3) is 0 Å². The number of hydrogen-bond donors (Lipinski definition) is 2. The van der Waals surface area contributed by atoms with Crippen LogP contribution in [0.15, 0.2) is 48.5 Å². The van der Waals surface area contributed by atoms with Gasteiger partial charge in [0.15, 0.2) is 0 Å². The molecular weight excluding hydrogens is 276 g/mol. The van der Waals surface area contributed by atoms with E-state index in [1.165, 1.54) is 5.56 Å². The first-order valence-electron chi connectivity index (χ1n) is 7.38. The van der Waals surface area contributed by atoms with Crippen LogP contribution in [-0.2, 0) is 11.2 Å². The molecule has 22 heavy (non-hydrogen) atoms. The van der Waals surface area contributed by atoms with Crippen molar-refractivity contribution in [3.63, 3.8) is 0 Å². The summed E-state index contributed by atoms with van der Waals surface area (Å²) in [6, 6.07) is 15.9. The molecule has 0 atom stereocenters. The van der Waals surface area contributed by atoms with Crippen molar-refractivity contribution < 1.29 is 9.53 Å². The first kappa shape index (κ1) is 16.0. The molecule has 0 aliphatic rings. The number of nitrogens with one attached hydrogen (secondary N) is 2. The molecule has 2 aromatic rings. The van der Waals surface area contributed by atoms with Gasteiger partial charge in [-0.05, 0) is 43.1 Å². The maximum absolute atomic E-state index is 12.0. The summed E-state index contributed by atoms with van der Waals surface area (Å²) >= 11 is 0. The summed E-state index contributed by atoms with van der Waals surface area (Å²) in [5.41, 5.74) is 3.04. The molecule has 0 bridgehead atoms. The van der Waals surface area contributed by atoms with Gasteiger partial charge in [0.05, 0.1) is 19.3 Å². The lowest BCUT2D eigenvalue weighted by Crippen LogP contribution is -2.29. The summed E-state index contributed by atoms with van der Waals surface area (Å²) in [6.45, 7) is 3.03. The summed E-state index contributed by atoms with van der Waals surface area (Å²) in [4.78, 5) is 12.0. The quantitative estimate of drug-likeness (QED) is 0.773. The normalized spacial score (nSPS) is 10.3. The van der Waals surface area contributed by atoms with Crippen molar-refractivity contribution in [2.24, 2.45) is 0 Å². The number of benzene rings is 2. The predicted molar refractivity (Wildman–Crippen MR) is 89.4 cm³/mol. The van der Waals surface area contributed by atoms with Gasteiger partial charge in [0, 0.05) is 0 Å². The van der Waals surface area contributed by atoms with Crippen LogP contribution in [0.4, 0.5) is 5.69 Å². The third kappa shape index (κ3) is 4.90. The molecule has 0 unspecified atom stereocenters. The van der Waals surface area contributed by atoms with Crippen LogP contribution >= 0.6 is 0 Å². The van der Waals surface area contributed by atoms with Crippen molar-refractivity contribution in [3.05, 3.63) is 59.7 Å². The lowest BCUT2D eigenvalue weighted by Gasteiger charge is -2.11. The minimum Gasteiger partial charge on any atom is -0.495 e. The molecular formula is C18H22N2O2. The highest BCUT2D eigenvalue weighted by molar-refractivity contribution is 5.93. The van der Waals surface area contributed by atoms with Gasteiger partial charge < -0.3 is 15.4 Å². The summed E-state index contributed by atoms with van der Waals surface area (Å²) < 4.78 is 5.25. The Labute approximate surface area is 131 Å². The van der Waals surface area contributed by atoms with Crippen LogP contribution in [0.1, 0.15) is 11.1 Å². The summed E-state index contributed by atoms with van der Waals surface area (Å²) in [6.07, 6.45) is 0.905. The van der Waals surface area contributed by atoms with Crippen LogP contribution < -0.4 is 15.4 Å². The van der Waals surface area contributed by atoms with E-state index >= 15 is 0 Å². The molecule has 0 saturated heterocycles. The van der Waals surface area contributed by atoms with Crippen molar-refractivity contribution in [2.75, 3.05) is 25.5 Å². The number of aryl methyl sites for hydroxylation is 1. The first-order chi connectivity index (χ1) is 10.7. The fourth-order valence-electron chi connectivity index (χ4n) is 2.19. The zero-order valence-electron chi connectivity index (χ0n) is 13.1. The predicted octanol–water partition coefficient (Wildman–Crippen LogP) is 2.77. The molecule has 1 amide bonds. The van der Waals surface area contributed by atoms with E-state index in [1.54, 1.807) is 7.11 Å². The molecule has 2 rings (SSSR count). The van der Waals surface area contributed by atoms with Crippen molar-refractivity contribution in [2.45, 2.75) is 13.3 Å². The van der Waals surface area contributed by atoms with Gasteiger partial charge in [0.25, 0.3) is 0 Å². The lowest BCUT2D eigenvalue weighted by atomic mass is 10.1. The minimum atomic E-state index is -0.0723. The van der Waals surface area contributed by atoms with E-state index in [0.717, 1.165) is 18.5 Å². The zero-order chi connectivity index (χ0) is 15.8. The molecule has 4 heteroatoms. The van der Waals surface area contributed by atoms with Gasteiger partial charge in [0.1, 0.15) is 5.75 Å². The van der Waals surface area contributed by atoms with E-state index in [0.29, 0.717) is 11.4 Å². The fraction of sp³-hybridized carbons (Fsp3) is 0.278. The summed E-state index contributed by atoms with van der Waals surface area (Å²) in [7, 11) is 1.60. The van der Waals surface area contributed by atoms with Gasteiger partial charge in [0.2, 0.25) is 5.91 Å². The van der Waals surface area contributed by atoms with Gasteiger partial charge in [-0.2, -0.15) is 0 Å². The van der Waals surface area contributed by atoms with Crippen LogP contribution in [0.2, 0.25) is 0 Å². The van der Waals surface area contributed by atoms with Gasteiger partial charge in [-0.1, -0.05) is 36.4 Å². The molecule has 2 aromatic carbocycles. The minimum absolute atomic E-state index is 0.0723. The fourth-order valence-corrected chi connectivity index (χ4v) is 2.19. The number of anilines is 1. The highest BCUT2D eigenvalue weighted by Crippen LogP contribution is 2.24. The maximum atomic E-state index is 12.0. The third-order valence-corrected chi connectivity index (χ3v) is 3.35. The second-order valence-corrected chi connectivity index (χ2v) is 5.16. The van der Waals surface area contributed by atoms with E-state index in [-0.39, 0.29) is 12.5 Å². The summed E-state index contributed by atoms with van der Waals surface area (Å²) in [5, 5.41) is 6.03. The molecule has 116 valence electrons.